The van der Waals surface area contributed by atoms with Gasteiger partial charge in [-0.05, 0) is 29.5 Å². The van der Waals surface area contributed by atoms with Crippen molar-refractivity contribution in [3.63, 3.8) is 0 Å². The van der Waals surface area contributed by atoms with E-state index in [4.69, 9.17) is 16.3 Å². The second kappa shape index (κ2) is 9.28. The summed E-state index contributed by atoms with van der Waals surface area (Å²) in [6.45, 7) is 2.03. The van der Waals surface area contributed by atoms with Crippen molar-refractivity contribution in [3.8, 4) is 5.75 Å². The Balaban J connectivity index is 1.84. The minimum absolute atomic E-state index is 0.185. The molecule has 6 heteroatoms. The third-order valence-corrected chi connectivity index (χ3v) is 6.74. The molecular formula is C27H24ClNO4. The zero-order valence-corrected chi connectivity index (χ0v) is 19.3. The number of methoxy groups -OCH3 is 1. The number of fused-ring (bicyclic) bond motifs is 2. The summed E-state index contributed by atoms with van der Waals surface area (Å²) < 4.78 is 5.28. The maximum atomic E-state index is 13.9. The van der Waals surface area contributed by atoms with Gasteiger partial charge in [-0.15, -0.1) is 0 Å². The van der Waals surface area contributed by atoms with E-state index in [9.17, 15) is 14.4 Å². The average molecular weight is 462 g/mol. The molecule has 1 heterocycles. The van der Waals surface area contributed by atoms with E-state index in [1.165, 1.54) is 0 Å². The second-order valence-corrected chi connectivity index (χ2v) is 8.56. The molecule has 2 unspecified atom stereocenters. The van der Waals surface area contributed by atoms with Gasteiger partial charge < -0.3 is 9.53 Å². The number of hydrogen-bond donors (Lipinski definition) is 0. The van der Waals surface area contributed by atoms with Crippen LogP contribution in [0.15, 0.2) is 59.6 Å². The fraction of sp³-hybridized carbons (Fsp3) is 0.259. The molecule has 3 aromatic rings. The standard InChI is InChI=1S/C27H24ClNO4/c1-3-4-8-22(27(16-31)21-9-6-5-7-20(21)23(15-30)29-27)26(32)18-10-12-19-17(14-18)11-13-24(33-2)25(19)28/h5-7,9-16,22H,3-4,8H2,1-2H3. The van der Waals surface area contributed by atoms with Crippen molar-refractivity contribution in [2.24, 2.45) is 10.9 Å². The lowest BCUT2D eigenvalue weighted by molar-refractivity contribution is -0.113. The number of carbonyl (C=O) groups is 3. The van der Waals surface area contributed by atoms with E-state index in [1.807, 2.05) is 13.0 Å². The number of nitrogens with zero attached hydrogens (tertiary/aromatic N) is 1. The number of Topliss-reactive ketones (excluding diaryl/α,β-unsaturated/α-hetero) is 1. The van der Waals surface area contributed by atoms with Gasteiger partial charge in [0.05, 0.1) is 18.1 Å². The Bertz CT molecular complexity index is 1280. The highest BCUT2D eigenvalue weighted by Crippen LogP contribution is 2.44. The highest BCUT2D eigenvalue weighted by Gasteiger charge is 2.49. The Kier molecular flexibility index (Phi) is 6.43. The number of aldehydes is 2. The van der Waals surface area contributed by atoms with E-state index >= 15 is 0 Å². The molecule has 4 rings (SSSR count). The summed E-state index contributed by atoms with van der Waals surface area (Å²) in [4.78, 5) is 42.8. The van der Waals surface area contributed by atoms with Gasteiger partial charge in [0, 0.05) is 16.5 Å². The van der Waals surface area contributed by atoms with Gasteiger partial charge in [-0.3, -0.25) is 14.6 Å². The lowest BCUT2D eigenvalue weighted by Gasteiger charge is -2.30. The van der Waals surface area contributed by atoms with Crippen LogP contribution in [0.1, 0.15) is 47.7 Å². The lowest BCUT2D eigenvalue weighted by atomic mass is 9.73. The number of ketones is 1. The molecule has 3 aromatic carbocycles. The third-order valence-electron chi connectivity index (χ3n) is 6.35. The van der Waals surface area contributed by atoms with Crippen LogP contribution in [-0.2, 0) is 15.1 Å². The topological polar surface area (TPSA) is 72.8 Å². The van der Waals surface area contributed by atoms with Gasteiger partial charge in [0.2, 0.25) is 0 Å². The van der Waals surface area contributed by atoms with Crippen molar-refractivity contribution in [2.75, 3.05) is 7.11 Å². The molecule has 0 amide bonds. The fourth-order valence-electron chi connectivity index (χ4n) is 4.65. The number of benzene rings is 3. The van der Waals surface area contributed by atoms with Crippen molar-refractivity contribution < 1.29 is 19.1 Å². The van der Waals surface area contributed by atoms with Crippen LogP contribution < -0.4 is 4.74 Å². The van der Waals surface area contributed by atoms with Crippen molar-refractivity contribution in [1.29, 1.82) is 0 Å². The normalized spacial score (nSPS) is 17.8. The highest BCUT2D eigenvalue weighted by molar-refractivity contribution is 6.38. The van der Waals surface area contributed by atoms with Gasteiger partial charge in [-0.2, -0.15) is 0 Å². The van der Waals surface area contributed by atoms with Crippen molar-refractivity contribution in [2.45, 2.75) is 31.7 Å². The number of carbonyl (C=O) groups excluding carboxylic acids is 3. The lowest BCUT2D eigenvalue weighted by Crippen LogP contribution is -2.39. The molecule has 0 spiro atoms. The molecule has 1 aliphatic rings. The van der Waals surface area contributed by atoms with Gasteiger partial charge in [0.25, 0.3) is 0 Å². The molecule has 1 aliphatic heterocycles. The van der Waals surface area contributed by atoms with Crippen LogP contribution in [0.2, 0.25) is 5.02 Å². The van der Waals surface area contributed by atoms with E-state index in [-0.39, 0.29) is 11.5 Å². The molecule has 0 bridgehead atoms. The Morgan fingerprint density at radius 1 is 1.15 bits per heavy atom. The molecule has 0 aromatic heterocycles. The van der Waals surface area contributed by atoms with Gasteiger partial charge in [-0.25, -0.2) is 0 Å². The van der Waals surface area contributed by atoms with Crippen molar-refractivity contribution in [1.82, 2.24) is 0 Å². The fourth-order valence-corrected chi connectivity index (χ4v) is 4.96. The Hall–Kier alpha value is -3.31. The van der Waals surface area contributed by atoms with Gasteiger partial charge in [0.15, 0.2) is 23.9 Å². The summed E-state index contributed by atoms with van der Waals surface area (Å²) in [6.07, 6.45) is 3.45. The molecule has 0 aliphatic carbocycles. The minimum Gasteiger partial charge on any atom is -0.495 e. The molecule has 0 radical (unpaired) electrons. The molecule has 33 heavy (non-hydrogen) atoms. The van der Waals surface area contributed by atoms with Crippen LogP contribution >= 0.6 is 11.6 Å². The van der Waals surface area contributed by atoms with Gasteiger partial charge in [0.1, 0.15) is 11.5 Å². The van der Waals surface area contributed by atoms with Crippen LogP contribution in [0.3, 0.4) is 0 Å². The first kappa shape index (κ1) is 22.9. The number of rotatable bonds is 9. The Morgan fingerprint density at radius 3 is 2.64 bits per heavy atom. The minimum atomic E-state index is -1.42. The zero-order valence-electron chi connectivity index (χ0n) is 18.5. The number of ether oxygens (including phenoxy) is 1. The number of hydrogen-bond acceptors (Lipinski definition) is 5. The van der Waals surface area contributed by atoms with Crippen molar-refractivity contribution >= 4 is 46.4 Å². The van der Waals surface area contributed by atoms with Crippen LogP contribution in [0, 0.1) is 5.92 Å². The Labute approximate surface area is 197 Å². The molecule has 0 saturated heterocycles. The smallest absolute Gasteiger partial charge is 0.169 e. The summed E-state index contributed by atoms with van der Waals surface area (Å²) in [5.41, 5.74) is 0.449. The van der Waals surface area contributed by atoms with Crippen LogP contribution in [0.5, 0.6) is 5.75 Å². The number of unbranched alkanes of at least 4 members (excludes halogenated alkanes) is 1. The molecular weight excluding hydrogens is 438 g/mol. The number of halogens is 1. The largest absolute Gasteiger partial charge is 0.495 e. The first-order valence-electron chi connectivity index (χ1n) is 10.9. The summed E-state index contributed by atoms with van der Waals surface area (Å²) in [6, 6.07) is 16.0. The van der Waals surface area contributed by atoms with E-state index in [0.717, 1.165) is 29.9 Å². The van der Waals surface area contributed by atoms with Crippen LogP contribution in [0.4, 0.5) is 0 Å². The highest BCUT2D eigenvalue weighted by atomic mass is 35.5. The summed E-state index contributed by atoms with van der Waals surface area (Å²) in [7, 11) is 1.55. The molecule has 168 valence electrons. The molecule has 2 atom stereocenters. The maximum absolute atomic E-state index is 13.9. The average Bonchev–Trinajstić information content (AvgIpc) is 3.19. The quantitative estimate of drug-likeness (QED) is 0.307. The molecule has 0 saturated carbocycles. The first-order valence-corrected chi connectivity index (χ1v) is 11.3. The summed E-state index contributed by atoms with van der Waals surface area (Å²) in [5.74, 6) is -0.364. The second-order valence-electron chi connectivity index (χ2n) is 8.18. The number of aliphatic imine (C=N–C) groups is 1. The molecule has 0 N–H and O–H groups in total. The summed E-state index contributed by atoms with van der Waals surface area (Å²) >= 11 is 6.43. The van der Waals surface area contributed by atoms with E-state index in [0.29, 0.717) is 40.2 Å². The SMILES string of the molecule is CCCCC(C(=O)c1ccc2c(Cl)c(OC)ccc2c1)C1(C=O)N=C(C=O)c2ccccc21. The first-order chi connectivity index (χ1) is 16.0. The molecule has 5 nitrogen and oxygen atoms in total. The van der Waals surface area contributed by atoms with E-state index < -0.39 is 11.5 Å². The Morgan fingerprint density at radius 2 is 1.94 bits per heavy atom. The third kappa shape index (κ3) is 3.76. The van der Waals surface area contributed by atoms with Crippen molar-refractivity contribution in [3.05, 3.63) is 76.3 Å². The maximum Gasteiger partial charge on any atom is 0.169 e. The van der Waals surface area contributed by atoms with Gasteiger partial charge >= 0.3 is 0 Å². The predicted octanol–water partition coefficient (Wildman–Crippen LogP) is 5.59. The van der Waals surface area contributed by atoms with Crippen LogP contribution in [0.25, 0.3) is 10.8 Å². The van der Waals surface area contributed by atoms with Crippen LogP contribution in [-0.4, -0.2) is 31.2 Å². The van der Waals surface area contributed by atoms with E-state index in [2.05, 4.69) is 4.99 Å². The molecule has 0 fully saturated rings. The van der Waals surface area contributed by atoms with E-state index in [1.54, 1.807) is 55.6 Å². The van der Waals surface area contributed by atoms with Gasteiger partial charge in [-0.1, -0.05) is 73.8 Å². The summed E-state index contributed by atoms with van der Waals surface area (Å²) in [5, 5.41) is 2.05. The predicted molar refractivity (Wildman–Crippen MR) is 130 cm³/mol. The monoisotopic (exact) mass is 461 g/mol. The zero-order chi connectivity index (χ0) is 23.6.